The third kappa shape index (κ3) is 5.54. The zero-order valence-electron chi connectivity index (χ0n) is 34.3. The number of aliphatic imine (C=N–C) groups is 2. The highest BCUT2D eigenvalue weighted by molar-refractivity contribution is 7.26. The molecular weight excluding hydrogens is 821 g/mol. The van der Waals surface area contributed by atoms with E-state index >= 15 is 0 Å². The molecular formula is C57H35N4OS2-. The molecule has 0 fully saturated rings. The molecule has 1 aliphatic carbocycles. The summed E-state index contributed by atoms with van der Waals surface area (Å²) in [6.45, 7) is 0. The van der Waals surface area contributed by atoms with Crippen LogP contribution in [0.25, 0.3) is 106 Å². The van der Waals surface area contributed by atoms with Gasteiger partial charge in [0.2, 0.25) is 0 Å². The van der Waals surface area contributed by atoms with Crippen LogP contribution in [0.1, 0.15) is 24.0 Å². The number of nitrogens with zero attached hydrogens (tertiary/aromatic N) is 4. The Balaban J connectivity index is 0.971. The molecule has 5 heterocycles. The average Bonchev–Trinajstić information content (AvgIpc) is 4.12. The molecule has 14 rings (SSSR count). The molecule has 1 aliphatic heterocycles. The molecule has 7 heteroatoms. The van der Waals surface area contributed by atoms with Crippen LogP contribution in [-0.2, 0) is 0 Å². The van der Waals surface area contributed by atoms with Crippen molar-refractivity contribution in [2.24, 2.45) is 9.98 Å². The Morgan fingerprint density at radius 3 is 2.09 bits per heavy atom. The number of allylic oxidation sites excluding steroid dienone is 3. The summed E-state index contributed by atoms with van der Waals surface area (Å²) in [4.78, 5) is 10.6. The molecule has 4 aromatic heterocycles. The van der Waals surface area contributed by atoms with Gasteiger partial charge in [-0.15, -0.1) is 22.7 Å². The number of furan rings is 1. The molecule has 64 heavy (non-hydrogen) atoms. The van der Waals surface area contributed by atoms with E-state index < -0.39 is 6.17 Å². The summed E-state index contributed by atoms with van der Waals surface area (Å²) >= 11 is 3.68. The first-order chi connectivity index (χ1) is 31.7. The maximum absolute atomic E-state index is 6.36. The van der Waals surface area contributed by atoms with Gasteiger partial charge in [-0.25, -0.2) is 0 Å². The van der Waals surface area contributed by atoms with Gasteiger partial charge < -0.3 is 19.3 Å². The number of amidine groups is 2. The van der Waals surface area contributed by atoms with E-state index in [1.54, 1.807) is 0 Å². The van der Waals surface area contributed by atoms with Gasteiger partial charge in [0.1, 0.15) is 11.2 Å². The molecule has 8 aromatic carbocycles. The molecule has 12 aromatic rings. The van der Waals surface area contributed by atoms with Crippen LogP contribution >= 0.6 is 22.7 Å². The molecule has 2 aliphatic rings. The largest absolute Gasteiger partial charge is 0.456 e. The number of thiophene rings is 2. The lowest BCUT2D eigenvalue weighted by Gasteiger charge is -2.34. The van der Waals surface area contributed by atoms with Gasteiger partial charge in [0.25, 0.3) is 0 Å². The van der Waals surface area contributed by atoms with Crippen molar-refractivity contribution >= 4 is 118 Å². The van der Waals surface area contributed by atoms with Crippen LogP contribution in [-0.4, -0.2) is 22.4 Å². The highest BCUT2D eigenvalue weighted by atomic mass is 32.1. The Morgan fingerprint density at radius 1 is 0.531 bits per heavy atom. The van der Waals surface area contributed by atoms with Crippen LogP contribution in [0.2, 0.25) is 0 Å². The van der Waals surface area contributed by atoms with E-state index in [0.29, 0.717) is 11.7 Å². The first-order valence-corrected chi connectivity index (χ1v) is 23.4. The van der Waals surface area contributed by atoms with E-state index in [4.69, 9.17) is 19.7 Å². The van der Waals surface area contributed by atoms with Crippen LogP contribution in [0.15, 0.2) is 202 Å². The molecule has 0 amide bonds. The molecule has 0 saturated heterocycles. The summed E-state index contributed by atoms with van der Waals surface area (Å²) in [7, 11) is 0. The minimum atomic E-state index is -0.390. The summed E-state index contributed by atoms with van der Waals surface area (Å²) in [5.41, 5.74) is 10.6. The van der Waals surface area contributed by atoms with Gasteiger partial charge in [-0.1, -0.05) is 115 Å². The van der Waals surface area contributed by atoms with Crippen LogP contribution in [0.5, 0.6) is 0 Å². The second-order valence-electron chi connectivity index (χ2n) is 16.8. The van der Waals surface area contributed by atoms with E-state index in [1.165, 1.54) is 67.8 Å². The van der Waals surface area contributed by atoms with Crippen molar-refractivity contribution in [1.82, 2.24) is 4.57 Å². The summed E-state index contributed by atoms with van der Waals surface area (Å²) in [5, 5.41) is 15.1. The Labute approximate surface area is 375 Å². The van der Waals surface area contributed by atoms with Gasteiger partial charge in [-0.05, 0) is 113 Å². The molecule has 0 spiro atoms. The highest BCUT2D eigenvalue weighted by Gasteiger charge is 2.22. The molecule has 5 nitrogen and oxygen atoms in total. The second kappa shape index (κ2) is 14.0. The van der Waals surface area contributed by atoms with Crippen LogP contribution in [0.3, 0.4) is 0 Å². The molecule has 0 saturated carbocycles. The van der Waals surface area contributed by atoms with Crippen molar-refractivity contribution < 1.29 is 4.42 Å². The smallest absolute Gasteiger partial charge is 0.136 e. The summed E-state index contributed by atoms with van der Waals surface area (Å²) in [6, 6.07) is 59.4. The fourth-order valence-electron chi connectivity index (χ4n) is 10.0. The fraction of sp³-hybridized carbons (Fsp3) is 0.0526. The van der Waals surface area contributed by atoms with Crippen molar-refractivity contribution in [3.8, 4) is 16.8 Å². The first kappa shape index (κ1) is 36.0. The lowest BCUT2D eigenvalue weighted by Crippen LogP contribution is -2.22. The van der Waals surface area contributed by atoms with Crippen molar-refractivity contribution in [2.45, 2.75) is 19.0 Å². The number of para-hydroxylation sites is 2. The highest BCUT2D eigenvalue weighted by Crippen LogP contribution is 2.44. The molecule has 1 unspecified atom stereocenters. The maximum Gasteiger partial charge on any atom is 0.136 e. The summed E-state index contributed by atoms with van der Waals surface area (Å²) in [6.07, 6.45) is 8.00. The Kier molecular flexibility index (Phi) is 7.84. The SMILES string of the molecule is C1=CCCC(C2N=C(c3ccc4c(c3)oc3ccccc34)N=C(c3cc(-n4c5ccccc5c5cc(-c6ccc7sc8ccccc8c7c6)ccc54)c4c(c3)sc3ccccc34)[N-]2)=C1. The zero-order chi connectivity index (χ0) is 41.9. The Morgan fingerprint density at radius 2 is 1.22 bits per heavy atom. The van der Waals surface area contributed by atoms with Crippen molar-refractivity contribution in [2.75, 3.05) is 0 Å². The summed E-state index contributed by atoms with van der Waals surface area (Å²) in [5.74, 6) is 1.33. The lowest BCUT2D eigenvalue weighted by atomic mass is 10.0. The minimum Gasteiger partial charge on any atom is -0.456 e. The van der Waals surface area contributed by atoms with Crippen molar-refractivity contribution in [3.63, 3.8) is 0 Å². The summed E-state index contributed by atoms with van der Waals surface area (Å²) < 4.78 is 13.9. The number of fused-ring (bicyclic) bond motifs is 12. The quantitative estimate of drug-likeness (QED) is 0.170. The minimum absolute atomic E-state index is 0.390. The standard InChI is InChI=1S/C57H35N4OS2/c1-2-12-33(13-3-1)55-58-56(36-22-25-40-39-15-5-9-19-48(39)62-49(40)31-36)60-57(59-55)37-30-47(54-42-17-7-11-21-51(42)64-53(54)32-37)61-45-18-8-4-14-38(45)43-28-34(23-26-46(43)61)35-24-27-52-44(29-35)41-16-6-10-20-50(41)63-52/h1-2,4-12,14-32,55H,3,13H2/q-1. The van der Waals surface area contributed by atoms with Gasteiger partial charge in [0.05, 0.1) is 28.7 Å². The van der Waals surface area contributed by atoms with Crippen LogP contribution in [0, 0.1) is 0 Å². The van der Waals surface area contributed by atoms with Gasteiger partial charge in [-0.2, -0.15) is 0 Å². The molecule has 0 bridgehead atoms. The third-order valence-corrected chi connectivity index (χ3v) is 15.3. The topological polar surface area (TPSA) is 56.9 Å². The van der Waals surface area contributed by atoms with Gasteiger partial charge in [0.15, 0.2) is 0 Å². The van der Waals surface area contributed by atoms with E-state index in [-0.39, 0.29) is 0 Å². The normalized spacial score (nSPS) is 15.6. The van der Waals surface area contributed by atoms with Crippen molar-refractivity contribution in [1.29, 1.82) is 0 Å². The number of aromatic nitrogens is 1. The van der Waals surface area contributed by atoms with Crippen LogP contribution in [0.4, 0.5) is 0 Å². The maximum atomic E-state index is 6.36. The van der Waals surface area contributed by atoms with E-state index in [0.717, 1.165) is 62.6 Å². The van der Waals surface area contributed by atoms with Gasteiger partial charge >= 0.3 is 0 Å². The number of rotatable bonds is 5. The van der Waals surface area contributed by atoms with Crippen LogP contribution < -0.4 is 0 Å². The second-order valence-corrected chi connectivity index (χ2v) is 18.9. The van der Waals surface area contributed by atoms with E-state index in [9.17, 15) is 0 Å². The average molecular weight is 856 g/mol. The molecule has 302 valence electrons. The predicted octanol–water partition coefficient (Wildman–Crippen LogP) is 16.3. The Hall–Kier alpha value is -7.58. The lowest BCUT2D eigenvalue weighted by molar-refractivity contribution is 0.669. The van der Waals surface area contributed by atoms with Gasteiger partial charge in [-0.3, -0.25) is 4.99 Å². The monoisotopic (exact) mass is 855 g/mol. The van der Waals surface area contributed by atoms with E-state index in [1.807, 2.05) is 34.8 Å². The molecule has 1 atom stereocenters. The molecule has 0 N–H and O–H groups in total. The third-order valence-electron chi connectivity index (χ3n) is 13.1. The number of benzene rings is 8. The molecule has 0 radical (unpaired) electrons. The van der Waals surface area contributed by atoms with Crippen molar-refractivity contribution in [3.05, 3.63) is 204 Å². The Bertz CT molecular complexity index is 4080. The first-order valence-electron chi connectivity index (χ1n) is 21.7. The van der Waals surface area contributed by atoms with E-state index in [2.05, 4.69) is 174 Å². The predicted molar refractivity (Wildman–Crippen MR) is 272 cm³/mol. The number of hydrogen-bond donors (Lipinski definition) is 0. The van der Waals surface area contributed by atoms with Gasteiger partial charge in [0, 0.05) is 61.9 Å². The fourth-order valence-corrected chi connectivity index (χ4v) is 12.3. The zero-order valence-corrected chi connectivity index (χ0v) is 36.0. The number of hydrogen-bond acceptors (Lipinski definition) is 5.